The molecule has 1 saturated heterocycles. The second kappa shape index (κ2) is 7.81. The van der Waals surface area contributed by atoms with Crippen LogP contribution in [0.25, 0.3) is 16.8 Å². The number of morpholine rings is 1. The molecule has 0 unspecified atom stereocenters. The van der Waals surface area contributed by atoms with Crippen LogP contribution >= 0.6 is 0 Å². The molecule has 4 rings (SSSR count). The Morgan fingerprint density at radius 1 is 1.19 bits per heavy atom. The number of hydrogen-bond donors (Lipinski definition) is 0. The minimum atomic E-state index is -4.74. The number of carbonyl (C=O) groups is 1. The molecule has 0 spiro atoms. The lowest BCUT2D eigenvalue weighted by Gasteiger charge is -2.31. The van der Waals surface area contributed by atoms with Crippen LogP contribution in [0.2, 0.25) is 0 Å². The molecule has 0 aliphatic carbocycles. The van der Waals surface area contributed by atoms with Crippen LogP contribution in [0.4, 0.5) is 13.2 Å². The Bertz CT molecular complexity index is 1200. The van der Waals surface area contributed by atoms with Crippen molar-refractivity contribution in [2.75, 3.05) is 19.7 Å². The van der Waals surface area contributed by atoms with Crippen molar-refractivity contribution >= 4 is 11.6 Å². The van der Waals surface area contributed by atoms with Crippen molar-refractivity contribution in [2.45, 2.75) is 26.1 Å². The maximum Gasteiger partial charge on any atom is 0.433 e. The van der Waals surface area contributed by atoms with Crippen LogP contribution in [0.5, 0.6) is 0 Å². The van der Waals surface area contributed by atoms with Crippen molar-refractivity contribution in [3.05, 3.63) is 69.8 Å². The van der Waals surface area contributed by atoms with E-state index in [1.165, 1.54) is 6.20 Å². The van der Waals surface area contributed by atoms with Gasteiger partial charge in [-0.25, -0.2) is 4.98 Å². The number of aromatic nitrogens is 2. The van der Waals surface area contributed by atoms with Gasteiger partial charge >= 0.3 is 6.18 Å². The van der Waals surface area contributed by atoms with Gasteiger partial charge < -0.3 is 9.64 Å². The normalized spacial score (nSPS) is 17.2. The van der Waals surface area contributed by atoms with Gasteiger partial charge in [0.1, 0.15) is 5.65 Å². The highest BCUT2D eigenvalue weighted by atomic mass is 19.4. The van der Waals surface area contributed by atoms with Crippen LogP contribution in [0.1, 0.15) is 28.5 Å². The van der Waals surface area contributed by atoms with Crippen LogP contribution in [0.3, 0.4) is 0 Å². The molecule has 6 nitrogen and oxygen atoms in total. The molecule has 1 atom stereocenters. The predicted octanol–water partition coefficient (Wildman–Crippen LogP) is 3.55. The third-order valence-corrected chi connectivity index (χ3v) is 5.32. The largest absolute Gasteiger partial charge is 0.433 e. The van der Waals surface area contributed by atoms with Crippen LogP contribution in [0.15, 0.2) is 47.4 Å². The van der Waals surface area contributed by atoms with E-state index < -0.39 is 23.0 Å². The summed E-state index contributed by atoms with van der Waals surface area (Å²) in [4.78, 5) is 30.7. The average molecular weight is 431 g/mol. The first-order chi connectivity index (χ1) is 14.7. The Hall–Kier alpha value is -3.20. The highest BCUT2D eigenvalue weighted by Crippen LogP contribution is 2.31. The zero-order valence-corrected chi connectivity index (χ0v) is 16.9. The first-order valence-corrected chi connectivity index (χ1v) is 9.77. The second-order valence-electron chi connectivity index (χ2n) is 7.51. The van der Waals surface area contributed by atoms with Crippen molar-refractivity contribution in [1.82, 2.24) is 14.3 Å². The third-order valence-electron chi connectivity index (χ3n) is 5.32. The molecule has 0 saturated carbocycles. The van der Waals surface area contributed by atoms with E-state index in [2.05, 4.69) is 4.98 Å². The molecule has 0 bridgehead atoms. The number of ether oxygens (including phenoxy) is 1. The lowest BCUT2D eigenvalue weighted by Crippen LogP contribution is -2.44. The molecule has 1 aliphatic rings. The minimum Gasteiger partial charge on any atom is -0.375 e. The van der Waals surface area contributed by atoms with E-state index >= 15 is 0 Å². The van der Waals surface area contributed by atoms with E-state index in [4.69, 9.17) is 4.74 Å². The SMILES string of the molecule is Cc1c(C(F)(F)F)nc2c(-c3ccc(C(=O)N4CCO[C@H](C)C4)cc3)cccn2c1=O. The quantitative estimate of drug-likeness (QED) is 0.623. The van der Waals surface area contributed by atoms with Crippen LogP contribution in [-0.2, 0) is 10.9 Å². The first-order valence-electron chi connectivity index (χ1n) is 9.77. The molecular formula is C22H20F3N3O3. The van der Waals surface area contributed by atoms with Crippen molar-refractivity contribution in [3.63, 3.8) is 0 Å². The lowest BCUT2D eigenvalue weighted by molar-refractivity contribution is -0.141. The van der Waals surface area contributed by atoms with Gasteiger partial charge in [0.25, 0.3) is 11.5 Å². The number of alkyl halides is 3. The van der Waals surface area contributed by atoms with Gasteiger partial charge in [-0.15, -0.1) is 0 Å². The zero-order chi connectivity index (χ0) is 22.3. The minimum absolute atomic E-state index is 0.0386. The Balaban J connectivity index is 1.75. The molecule has 1 aromatic carbocycles. The number of benzene rings is 1. The highest BCUT2D eigenvalue weighted by molar-refractivity contribution is 5.95. The maximum absolute atomic E-state index is 13.4. The van der Waals surface area contributed by atoms with Gasteiger partial charge in [-0.3, -0.25) is 14.0 Å². The number of hydrogen-bond acceptors (Lipinski definition) is 4. The van der Waals surface area contributed by atoms with Gasteiger partial charge in [0.2, 0.25) is 0 Å². The fourth-order valence-corrected chi connectivity index (χ4v) is 3.73. The van der Waals surface area contributed by atoms with E-state index in [0.717, 1.165) is 11.3 Å². The van der Waals surface area contributed by atoms with E-state index in [0.29, 0.717) is 36.4 Å². The number of rotatable bonds is 2. The average Bonchev–Trinajstić information content (AvgIpc) is 2.74. The number of halogens is 3. The van der Waals surface area contributed by atoms with E-state index in [1.807, 2.05) is 6.92 Å². The highest BCUT2D eigenvalue weighted by Gasteiger charge is 2.36. The molecule has 2 aromatic heterocycles. The Morgan fingerprint density at radius 3 is 2.55 bits per heavy atom. The number of nitrogens with zero attached hydrogens (tertiary/aromatic N) is 3. The molecular weight excluding hydrogens is 411 g/mol. The molecule has 1 amide bonds. The summed E-state index contributed by atoms with van der Waals surface area (Å²) >= 11 is 0. The van der Waals surface area contributed by atoms with Gasteiger partial charge in [0.05, 0.1) is 12.7 Å². The van der Waals surface area contributed by atoms with Crippen molar-refractivity contribution in [3.8, 4) is 11.1 Å². The fourth-order valence-electron chi connectivity index (χ4n) is 3.73. The van der Waals surface area contributed by atoms with Crippen molar-refractivity contribution in [2.24, 2.45) is 0 Å². The second-order valence-corrected chi connectivity index (χ2v) is 7.51. The van der Waals surface area contributed by atoms with Crippen LogP contribution in [0, 0.1) is 6.92 Å². The number of pyridine rings is 1. The number of carbonyl (C=O) groups excluding carboxylic acids is 1. The monoisotopic (exact) mass is 431 g/mol. The maximum atomic E-state index is 13.4. The van der Waals surface area contributed by atoms with E-state index in [-0.39, 0.29) is 17.7 Å². The molecule has 0 N–H and O–H groups in total. The van der Waals surface area contributed by atoms with Crippen molar-refractivity contribution < 1.29 is 22.7 Å². The molecule has 3 heterocycles. The van der Waals surface area contributed by atoms with Crippen LogP contribution < -0.4 is 5.56 Å². The van der Waals surface area contributed by atoms with E-state index in [1.54, 1.807) is 41.3 Å². The molecule has 9 heteroatoms. The van der Waals surface area contributed by atoms with Gasteiger partial charge in [-0.1, -0.05) is 12.1 Å². The topological polar surface area (TPSA) is 63.9 Å². The summed E-state index contributed by atoms with van der Waals surface area (Å²) in [5.74, 6) is -0.135. The summed E-state index contributed by atoms with van der Waals surface area (Å²) in [6, 6.07) is 9.71. The molecule has 162 valence electrons. The smallest absolute Gasteiger partial charge is 0.375 e. The molecule has 1 aliphatic heterocycles. The molecule has 1 fully saturated rings. The van der Waals surface area contributed by atoms with Gasteiger partial charge in [0.15, 0.2) is 5.69 Å². The lowest BCUT2D eigenvalue weighted by atomic mass is 10.0. The van der Waals surface area contributed by atoms with Crippen molar-refractivity contribution in [1.29, 1.82) is 0 Å². The zero-order valence-electron chi connectivity index (χ0n) is 16.9. The summed E-state index contributed by atoms with van der Waals surface area (Å²) in [6.45, 7) is 4.48. The van der Waals surface area contributed by atoms with Crippen LogP contribution in [-0.4, -0.2) is 46.0 Å². The predicted molar refractivity (Wildman–Crippen MR) is 108 cm³/mol. The Morgan fingerprint density at radius 2 is 1.90 bits per heavy atom. The summed E-state index contributed by atoms with van der Waals surface area (Å²) in [7, 11) is 0. The standard InChI is InChI=1S/C22H20F3N3O3/c1-13-12-27(10-11-31-13)21(30)16-7-5-15(6-8-16)17-4-3-9-28-19(17)26-18(22(23,24)25)14(2)20(28)29/h3-9,13H,10-12H2,1-2H3/t13-/m1/s1. The Labute approximate surface area is 175 Å². The number of fused-ring (bicyclic) bond motifs is 1. The first kappa shape index (κ1) is 21.0. The summed E-state index contributed by atoms with van der Waals surface area (Å²) in [5, 5.41) is 0. The summed E-state index contributed by atoms with van der Waals surface area (Å²) < 4.78 is 46.7. The van der Waals surface area contributed by atoms with E-state index in [9.17, 15) is 22.8 Å². The molecule has 3 aromatic rings. The summed E-state index contributed by atoms with van der Waals surface area (Å²) in [6.07, 6.45) is -3.39. The van der Waals surface area contributed by atoms with Gasteiger partial charge in [0, 0.05) is 36.0 Å². The molecule has 31 heavy (non-hydrogen) atoms. The summed E-state index contributed by atoms with van der Waals surface area (Å²) in [5.41, 5.74) is -1.13. The molecule has 0 radical (unpaired) electrons. The van der Waals surface area contributed by atoms with Gasteiger partial charge in [-0.05, 0) is 43.7 Å². The third kappa shape index (κ3) is 3.93. The number of amides is 1. The fraction of sp³-hybridized carbons (Fsp3) is 0.318. The Kier molecular flexibility index (Phi) is 5.30. The van der Waals surface area contributed by atoms with Gasteiger partial charge in [-0.2, -0.15) is 13.2 Å².